The van der Waals surface area contributed by atoms with Crippen LogP contribution in [-0.2, 0) is 0 Å². The normalized spacial score (nSPS) is 27.1. The minimum absolute atomic E-state index is 0.627. The number of nitrogens with two attached hydrogens (primary N) is 1. The van der Waals surface area contributed by atoms with Crippen LogP contribution in [0.2, 0.25) is 0 Å². The maximum atomic E-state index is 5.90. The summed E-state index contributed by atoms with van der Waals surface area (Å²) in [6.45, 7) is 2.03. The number of hydrogen-bond donors (Lipinski definition) is 1. The van der Waals surface area contributed by atoms with Crippen molar-refractivity contribution in [3.05, 3.63) is 18.2 Å². The van der Waals surface area contributed by atoms with Crippen LogP contribution in [0.25, 0.3) is 11.1 Å². The van der Waals surface area contributed by atoms with E-state index in [2.05, 4.69) is 21.8 Å². The minimum atomic E-state index is 0.627. The monoisotopic (exact) mass is 272 g/mol. The molecule has 1 aromatic heterocycles. The Morgan fingerprint density at radius 3 is 3.00 bits per heavy atom. The Bertz CT molecular complexity index is 638. The molecule has 2 aliphatic rings. The predicted molar refractivity (Wildman–Crippen MR) is 79.8 cm³/mol. The molecule has 3 heterocycles. The van der Waals surface area contributed by atoms with Gasteiger partial charge in [-0.25, -0.2) is 0 Å². The largest absolute Gasteiger partial charge is 0.423 e. The highest BCUT2D eigenvalue weighted by molar-refractivity contribution is 5.78. The lowest BCUT2D eigenvalue weighted by Gasteiger charge is -2.24. The molecule has 2 unspecified atom stereocenters. The molecule has 4 rings (SSSR count). The average molecular weight is 272 g/mol. The van der Waals surface area contributed by atoms with Crippen molar-refractivity contribution in [2.24, 2.45) is 0 Å². The Morgan fingerprint density at radius 2 is 2.10 bits per heavy atom. The van der Waals surface area contributed by atoms with Gasteiger partial charge in [0.05, 0.1) is 0 Å². The zero-order valence-corrected chi connectivity index (χ0v) is 11.7. The van der Waals surface area contributed by atoms with Gasteiger partial charge in [-0.15, -0.1) is 0 Å². The zero-order valence-electron chi connectivity index (χ0n) is 11.7. The van der Waals surface area contributed by atoms with Gasteiger partial charge in [-0.05, 0) is 38.4 Å². The van der Waals surface area contributed by atoms with E-state index >= 15 is 0 Å². The van der Waals surface area contributed by atoms with Crippen LogP contribution >= 0.6 is 0 Å². The van der Waals surface area contributed by atoms with E-state index in [1.54, 1.807) is 0 Å². The molecule has 20 heavy (non-hydrogen) atoms. The first-order valence-electron chi connectivity index (χ1n) is 7.33. The van der Waals surface area contributed by atoms with Gasteiger partial charge in [0.15, 0.2) is 5.58 Å². The first-order valence-corrected chi connectivity index (χ1v) is 7.33. The molecular weight excluding hydrogens is 252 g/mol. The molecule has 0 saturated carbocycles. The number of nitrogens with zero attached hydrogens (tertiary/aromatic N) is 3. The molecule has 2 fully saturated rings. The van der Waals surface area contributed by atoms with E-state index < -0.39 is 0 Å². The van der Waals surface area contributed by atoms with E-state index in [-0.39, 0.29) is 0 Å². The van der Waals surface area contributed by atoms with Crippen LogP contribution in [0.5, 0.6) is 0 Å². The van der Waals surface area contributed by atoms with Crippen molar-refractivity contribution in [3.8, 4) is 0 Å². The second-order valence-corrected chi connectivity index (χ2v) is 6.01. The van der Waals surface area contributed by atoms with Gasteiger partial charge in [-0.2, -0.15) is 4.98 Å². The Hall–Kier alpha value is -1.75. The molecule has 1 aromatic carbocycles. The molecule has 0 aliphatic carbocycles. The summed E-state index contributed by atoms with van der Waals surface area (Å²) in [5.74, 6) is 0. The molecule has 2 aromatic rings. The lowest BCUT2D eigenvalue weighted by molar-refractivity contribution is 0.254. The van der Waals surface area contributed by atoms with Crippen LogP contribution in [0.1, 0.15) is 19.3 Å². The van der Waals surface area contributed by atoms with E-state index in [1.165, 1.54) is 19.3 Å². The number of likely N-dealkylation sites (N-methyl/N-ethyl adjacent to an activating group) is 1. The number of oxazole rings is 1. The fraction of sp³-hybridized carbons (Fsp3) is 0.533. The topological polar surface area (TPSA) is 58.5 Å². The SMILES string of the molecule is CN1C2CCC1CN(c1nc3ccc(N)cc3o1)CC2. The van der Waals surface area contributed by atoms with Crippen molar-refractivity contribution in [1.29, 1.82) is 0 Å². The van der Waals surface area contributed by atoms with E-state index in [0.29, 0.717) is 6.04 Å². The summed E-state index contributed by atoms with van der Waals surface area (Å²) in [6.07, 6.45) is 3.80. The fourth-order valence-electron chi connectivity index (χ4n) is 3.55. The molecule has 2 saturated heterocycles. The molecule has 0 radical (unpaired) electrons. The molecule has 106 valence electrons. The Balaban J connectivity index is 1.65. The van der Waals surface area contributed by atoms with Crippen molar-refractivity contribution in [2.75, 3.05) is 30.8 Å². The van der Waals surface area contributed by atoms with Crippen molar-refractivity contribution in [3.63, 3.8) is 0 Å². The van der Waals surface area contributed by atoms with Gasteiger partial charge in [0, 0.05) is 36.9 Å². The van der Waals surface area contributed by atoms with Crippen molar-refractivity contribution < 1.29 is 4.42 Å². The van der Waals surface area contributed by atoms with Gasteiger partial charge in [0.1, 0.15) is 5.52 Å². The van der Waals surface area contributed by atoms with Gasteiger partial charge in [-0.3, -0.25) is 4.90 Å². The molecule has 5 heteroatoms. The number of nitrogen functional groups attached to an aromatic ring is 1. The van der Waals surface area contributed by atoms with Crippen LogP contribution in [0.4, 0.5) is 11.7 Å². The van der Waals surface area contributed by atoms with Gasteiger partial charge in [0.25, 0.3) is 6.01 Å². The molecule has 5 nitrogen and oxygen atoms in total. The van der Waals surface area contributed by atoms with E-state index in [4.69, 9.17) is 10.2 Å². The molecular formula is C15H20N4O. The molecule has 0 amide bonds. The third kappa shape index (κ3) is 1.85. The second-order valence-electron chi connectivity index (χ2n) is 6.01. The Morgan fingerprint density at radius 1 is 1.25 bits per heavy atom. The number of hydrogen-bond acceptors (Lipinski definition) is 5. The maximum Gasteiger partial charge on any atom is 0.298 e. The number of anilines is 2. The maximum absolute atomic E-state index is 5.90. The quantitative estimate of drug-likeness (QED) is 0.805. The first-order chi connectivity index (χ1) is 9.70. The lowest BCUT2D eigenvalue weighted by Crippen LogP contribution is -2.36. The average Bonchev–Trinajstić information content (AvgIpc) is 2.91. The Labute approximate surface area is 118 Å². The highest BCUT2D eigenvalue weighted by atomic mass is 16.4. The number of aromatic nitrogens is 1. The van der Waals surface area contributed by atoms with Crippen LogP contribution in [0, 0.1) is 0 Å². The fourth-order valence-corrected chi connectivity index (χ4v) is 3.55. The van der Waals surface area contributed by atoms with Gasteiger partial charge in [-0.1, -0.05) is 0 Å². The van der Waals surface area contributed by atoms with Crippen LogP contribution in [-0.4, -0.2) is 42.1 Å². The smallest absolute Gasteiger partial charge is 0.298 e. The van der Waals surface area contributed by atoms with Crippen molar-refractivity contribution in [1.82, 2.24) is 9.88 Å². The van der Waals surface area contributed by atoms with E-state index in [0.717, 1.165) is 41.9 Å². The zero-order chi connectivity index (χ0) is 13.7. The lowest BCUT2D eigenvalue weighted by atomic mass is 10.1. The number of rotatable bonds is 1. The molecule has 2 atom stereocenters. The number of fused-ring (bicyclic) bond motifs is 3. The third-order valence-electron chi connectivity index (χ3n) is 4.82. The van der Waals surface area contributed by atoms with Crippen LogP contribution in [0.15, 0.2) is 22.6 Å². The minimum Gasteiger partial charge on any atom is -0.423 e. The number of benzene rings is 1. The first kappa shape index (κ1) is 12.0. The van der Waals surface area contributed by atoms with Crippen LogP contribution < -0.4 is 10.6 Å². The summed E-state index contributed by atoms with van der Waals surface area (Å²) >= 11 is 0. The summed E-state index contributed by atoms with van der Waals surface area (Å²) in [4.78, 5) is 9.43. The van der Waals surface area contributed by atoms with E-state index in [1.807, 2.05) is 18.2 Å². The van der Waals surface area contributed by atoms with Gasteiger partial charge in [0.2, 0.25) is 0 Å². The third-order valence-corrected chi connectivity index (χ3v) is 4.82. The Kier molecular flexibility index (Phi) is 2.63. The van der Waals surface area contributed by atoms with Gasteiger partial charge < -0.3 is 15.1 Å². The molecule has 2 bridgehead atoms. The van der Waals surface area contributed by atoms with Crippen molar-refractivity contribution >= 4 is 22.8 Å². The standard InChI is InChI=1S/C15H20N4O/c1-18-11-3-4-12(18)9-19(7-6-11)15-17-13-5-2-10(16)8-14(13)20-15/h2,5,8,11-12H,3-4,6-7,9,16H2,1H3. The summed E-state index contributed by atoms with van der Waals surface area (Å²) in [5.41, 5.74) is 8.18. The molecule has 2 N–H and O–H groups in total. The molecule has 2 aliphatic heterocycles. The summed E-state index contributed by atoms with van der Waals surface area (Å²) in [6, 6.07) is 7.74. The second kappa shape index (κ2) is 4.38. The molecule has 0 spiro atoms. The van der Waals surface area contributed by atoms with Gasteiger partial charge >= 0.3 is 0 Å². The summed E-state index contributed by atoms with van der Waals surface area (Å²) in [7, 11) is 2.25. The summed E-state index contributed by atoms with van der Waals surface area (Å²) in [5, 5.41) is 0. The van der Waals surface area contributed by atoms with Crippen molar-refractivity contribution in [2.45, 2.75) is 31.3 Å². The highest BCUT2D eigenvalue weighted by Crippen LogP contribution is 2.31. The summed E-state index contributed by atoms with van der Waals surface area (Å²) < 4.78 is 5.90. The van der Waals surface area contributed by atoms with Crippen LogP contribution in [0.3, 0.4) is 0 Å². The van der Waals surface area contributed by atoms with E-state index in [9.17, 15) is 0 Å². The predicted octanol–water partition coefficient (Wildman–Crippen LogP) is 2.08. The highest BCUT2D eigenvalue weighted by Gasteiger charge is 2.35.